The van der Waals surface area contributed by atoms with Gasteiger partial charge in [0.25, 0.3) is 0 Å². The average Bonchev–Trinajstić information content (AvgIpc) is 3.74. The van der Waals surface area contributed by atoms with E-state index in [9.17, 15) is 0 Å². The summed E-state index contributed by atoms with van der Waals surface area (Å²) in [5.74, 6) is 0. The number of nitrogens with zero attached hydrogens (tertiary/aromatic N) is 1. The topological polar surface area (TPSA) is 17.0 Å². The van der Waals surface area contributed by atoms with Gasteiger partial charge in [0.05, 0.1) is 11.0 Å². The molecule has 0 bridgehead atoms. The van der Waals surface area contributed by atoms with Crippen molar-refractivity contribution in [1.29, 1.82) is 0 Å². The largest absolute Gasteiger partial charge is 0.368 e. The molecule has 0 aliphatic carbocycles. The number of hydrogen-bond acceptors (Lipinski definition) is 2. The Bertz CT molecular complexity index is 2780. The predicted molar refractivity (Wildman–Crippen MR) is 214 cm³/mol. The molecule has 10 rings (SSSR count). The molecule has 2 nitrogen and oxygen atoms in total. The molecule has 3 heteroatoms. The normalized spacial score (nSPS) is 14.4. The first kappa shape index (κ1) is 28.8. The number of hydrogen-bond donors (Lipinski definition) is 1. The molecule has 1 aliphatic rings. The van der Waals surface area contributed by atoms with Crippen LogP contribution in [0, 0.1) is 0 Å². The van der Waals surface area contributed by atoms with Crippen molar-refractivity contribution in [2.45, 2.75) is 6.17 Å². The van der Waals surface area contributed by atoms with Gasteiger partial charge in [-0.3, -0.25) is 0 Å². The Hall–Kier alpha value is -6.16. The third kappa shape index (κ3) is 4.78. The molecular weight excluding hydrogens is 625 g/mol. The first-order valence-electron chi connectivity index (χ1n) is 17.1. The summed E-state index contributed by atoms with van der Waals surface area (Å²) in [5.41, 5.74) is 12.3. The number of fused-ring (bicyclic) bond motifs is 6. The molecule has 2 aromatic heterocycles. The van der Waals surface area contributed by atoms with Crippen LogP contribution in [0.25, 0.3) is 80.9 Å². The van der Waals surface area contributed by atoms with Crippen LogP contribution in [0.2, 0.25) is 0 Å². The Labute approximate surface area is 294 Å². The highest BCUT2D eigenvalue weighted by Crippen LogP contribution is 2.42. The molecule has 236 valence electrons. The van der Waals surface area contributed by atoms with Crippen LogP contribution in [-0.2, 0) is 0 Å². The minimum absolute atomic E-state index is 0.0310. The SMILES string of the molecule is C1=CC(c2ccc(-c3cccc(-c4ccccc4)c3)cc2)=CC(n2c3ccccc3c3cc(-c4cccc5c4sc4ccccc45)ccc32)N1. The molecule has 50 heavy (non-hydrogen) atoms. The van der Waals surface area contributed by atoms with Crippen LogP contribution in [-0.4, -0.2) is 4.57 Å². The minimum atomic E-state index is -0.0310. The second kappa shape index (κ2) is 11.8. The molecule has 1 N–H and O–H groups in total. The summed E-state index contributed by atoms with van der Waals surface area (Å²) in [7, 11) is 0. The molecule has 0 amide bonds. The van der Waals surface area contributed by atoms with Crippen molar-refractivity contribution in [2.24, 2.45) is 0 Å². The van der Waals surface area contributed by atoms with Crippen LogP contribution in [0.5, 0.6) is 0 Å². The monoisotopic (exact) mass is 656 g/mol. The van der Waals surface area contributed by atoms with Crippen molar-refractivity contribution in [2.75, 3.05) is 0 Å². The summed E-state index contributed by atoms with van der Waals surface area (Å²) >= 11 is 1.89. The Kier molecular flexibility index (Phi) is 6.78. The number of allylic oxidation sites excluding steroid dienone is 2. The maximum atomic E-state index is 3.66. The van der Waals surface area contributed by atoms with Gasteiger partial charge < -0.3 is 9.88 Å². The van der Waals surface area contributed by atoms with Gasteiger partial charge in [-0.25, -0.2) is 0 Å². The van der Waals surface area contributed by atoms with Gasteiger partial charge >= 0.3 is 0 Å². The van der Waals surface area contributed by atoms with E-state index in [0.29, 0.717) is 0 Å². The Morgan fingerprint density at radius 3 is 1.96 bits per heavy atom. The molecular formula is C47H32N2S. The van der Waals surface area contributed by atoms with Crippen molar-refractivity contribution >= 4 is 58.9 Å². The molecule has 7 aromatic carbocycles. The number of dihydropyridines is 1. The summed E-state index contributed by atoms with van der Waals surface area (Å²) in [6.45, 7) is 0. The van der Waals surface area contributed by atoms with E-state index < -0.39 is 0 Å². The molecule has 1 atom stereocenters. The fourth-order valence-corrected chi connectivity index (χ4v) is 8.90. The third-order valence-corrected chi connectivity index (χ3v) is 11.3. The number of rotatable bonds is 5. The Morgan fingerprint density at radius 2 is 1.10 bits per heavy atom. The lowest BCUT2D eigenvalue weighted by Crippen LogP contribution is -2.22. The second-order valence-corrected chi connectivity index (χ2v) is 14.0. The van der Waals surface area contributed by atoms with Gasteiger partial charge in [-0.1, -0.05) is 133 Å². The van der Waals surface area contributed by atoms with E-state index in [4.69, 9.17) is 0 Å². The zero-order valence-electron chi connectivity index (χ0n) is 27.3. The molecule has 9 aromatic rings. The fourth-order valence-electron chi connectivity index (χ4n) is 7.66. The highest BCUT2D eigenvalue weighted by atomic mass is 32.1. The molecule has 1 unspecified atom stereocenters. The lowest BCUT2D eigenvalue weighted by Gasteiger charge is -2.23. The van der Waals surface area contributed by atoms with Crippen LogP contribution < -0.4 is 5.32 Å². The number of para-hydroxylation sites is 1. The van der Waals surface area contributed by atoms with E-state index in [1.807, 2.05) is 11.3 Å². The van der Waals surface area contributed by atoms with E-state index >= 15 is 0 Å². The van der Waals surface area contributed by atoms with Crippen molar-refractivity contribution in [1.82, 2.24) is 9.88 Å². The predicted octanol–water partition coefficient (Wildman–Crippen LogP) is 12.9. The number of benzene rings is 7. The second-order valence-electron chi connectivity index (χ2n) is 13.0. The van der Waals surface area contributed by atoms with E-state index in [1.165, 1.54) is 86.5 Å². The first-order valence-corrected chi connectivity index (χ1v) is 17.9. The van der Waals surface area contributed by atoms with Crippen molar-refractivity contribution in [3.8, 4) is 33.4 Å². The van der Waals surface area contributed by atoms with Crippen LogP contribution in [0.15, 0.2) is 182 Å². The van der Waals surface area contributed by atoms with Crippen molar-refractivity contribution in [3.63, 3.8) is 0 Å². The molecule has 0 saturated carbocycles. The highest BCUT2D eigenvalue weighted by molar-refractivity contribution is 7.26. The van der Waals surface area contributed by atoms with E-state index in [-0.39, 0.29) is 6.17 Å². The number of thiophene rings is 1. The maximum absolute atomic E-state index is 3.66. The summed E-state index contributed by atoms with van der Waals surface area (Å²) in [5, 5.41) is 8.85. The molecule has 0 saturated heterocycles. The quantitative estimate of drug-likeness (QED) is 0.195. The number of nitrogens with one attached hydrogen (secondary N) is 1. The standard InChI is InChI=1S/C47H32N2S/c1-2-10-31(11-3-1)34-12-8-13-35(28-34)32-20-22-33(23-21-32)36-26-27-48-46(30-36)49-43-18-6-4-14-39(43)42-29-37(24-25-44(42)49)38-16-9-17-41-40-15-5-7-19-45(40)50-47(38)41/h1-30,46,48H. The van der Waals surface area contributed by atoms with Crippen LogP contribution >= 0.6 is 11.3 Å². The first-order chi connectivity index (χ1) is 24.8. The molecule has 1 aliphatic heterocycles. The van der Waals surface area contributed by atoms with E-state index in [1.54, 1.807) is 0 Å². The van der Waals surface area contributed by atoms with Crippen LogP contribution in [0.1, 0.15) is 11.7 Å². The summed E-state index contributed by atoms with van der Waals surface area (Å²) < 4.78 is 5.12. The van der Waals surface area contributed by atoms with Gasteiger partial charge in [0.1, 0.15) is 6.17 Å². The average molecular weight is 657 g/mol. The van der Waals surface area contributed by atoms with E-state index in [0.717, 1.165) is 0 Å². The lowest BCUT2D eigenvalue weighted by atomic mass is 9.96. The third-order valence-electron chi connectivity index (χ3n) is 10.1. The van der Waals surface area contributed by atoms with Gasteiger partial charge in [-0.2, -0.15) is 0 Å². The van der Waals surface area contributed by atoms with Gasteiger partial charge in [-0.05, 0) is 93.2 Å². The lowest BCUT2D eigenvalue weighted by molar-refractivity contribution is 0.580. The van der Waals surface area contributed by atoms with Gasteiger partial charge in [0, 0.05) is 30.9 Å². The molecule has 0 fully saturated rings. The summed E-state index contributed by atoms with van der Waals surface area (Å²) in [6.07, 6.45) is 6.59. The minimum Gasteiger partial charge on any atom is -0.368 e. The van der Waals surface area contributed by atoms with Gasteiger partial charge in [0.2, 0.25) is 0 Å². The zero-order chi connectivity index (χ0) is 33.0. The van der Waals surface area contributed by atoms with E-state index in [2.05, 4.69) is 192 Å². The number of aromatic nitrogens is 1. The summed E-state index contributed by atoms with van der Waals surface area (Å²) in [4.78, 5) is 0. The fraction of sp³-hybridized carbons (Fsp3) is 0.0213. The Balaban J connectivity index is 1.02. The highest BCUT2D eigenvalue weighted by Gasteiger charge is 2.20. The van der Waals surface area contributed by atoms with Crippen LogP contribution in [0.4, 0.5) is 0 Å². The van der Waals surface area contributed by atoms with Gasteiger partial charge in [0.15, 0.2) is 0 Å². The summed E-state index contributed by atoms with van der Waals surface area (Å²) in [6, 6.07) is 59.6. The zero-order valence-corrected chi connectivity index (χ0v) is 28.1. The Morgan fingerprint density at radius 1 is 0.460 bits per heavy atom. The maximum Gasteiger partial charge on any atom is 0.123 e. The molecule has 0 spiro atoms. The smallest absolute Gasteiger partial charge is 0.123 e. The van der Waals surface area contributed by atoms with Crippen LogP contribution in [0.3, 0.4) is 0 Å². The van der Waals surface area contributed by atoms with Crippen molar-refractivity contribution in [3.05, 3.63) is 188 Å². The van der Waals surface area contributed by atoms with Gasteiger partial charge in [-0.15, -0.1) is 11.3 Å². The molecule has 3 heterocycles. The van der Waals surface area contributed by atoms with Crippen molar-refractivity contribution < 1.29 is 0 Å². The molecule has 0 radical (unpaired) electrons.